The molecule has 2 rings (SSSR count). The van der Waals surface area contributed by atoms with Gasteiger partial charge in [0.25, 0.3) is 5.91 Å². The van der Waals surface area contributed by atoms with Crippen LogP contribution >= 0.6 is 0 Å². The normalized spacial score (nSPS) is 36.0. The number of ether oxygens (including phenoxy) is 1. The SMILES string of the molecule is CCC1(C(=O)O)CCN(C(=O)C2OCCC2C)C1. The summed E-state index contributed by atoms with van der Waals surface area (Å²) in [5, 5.41) is 9.31. The fourth-order valence-electron chi connectivity index (χ4n) is 2.87. The van der Waals surface area contributed by atoms with Gasteiger partial charge in [-0.25, -0.2) is 0 Å². The average molecular weight is 255 g/mol. The molecular formula is C13H21NO4. The van der Waals surface area contributed by atoms with Crippen molar-refractivity contribution < 1.29 is 19.4 Å². The van der Waals surface area contributed by atoms with Crippen LogP contribution in [0.3, 0.4) is 0 Å². The van der Waals surface area contributed by atoms with Crippen LogP contribution in [-0.2, 0) is 14.3 Å². The summed E-state index contributed by atoms with van der Waals surface area (Å²) >= 11 is 0. The van der Waals surface area contributed by atoms with Gasteiger partial charge in [0.1, 0.15) is 6.10 Å². The minimum Gasteiger partial charge on any atom is -0.481 e. The summed E-state index contributed by atoms with van der Waals surface area (Å²) in [5.74, 6) is -0.587. The topological polar surface area (TPSA) is 66.8 Å². The van der Waals surface area contributed by atoms with E-state index in [9.17, 15) is 14.7 Å². The monoisotopic (exact) mass is 255 g/mol. The van der Waals surface area contributed by atoms with Crippen LogP contribution < -0.4 is 0 Å². The molecule has 18 heavy (non-hydrogen) atoms. The first-order valence-electron chi connectivity index (χ1n) is 6.64. The third-order valence-electron chi connectivity index (χ3n) is 4.43. The van der Waals surface area contributed by atoms with Crippen molar-refractivity contribution in [2.75, 3.05) is 19.7 Å². The molecule has 5 nitrogen and oxygen atoms in total. The summed E-state index contributed by atoms with van der Waals surface area (Å²) < 4.78 is 5.46. The van der Waals surface area contributed by atoms with Crippen molar-refractivity contribution >= 4 is 11.9 Å². The Hall–Kier alpha value is -1.10. The number of aliphatic carboxylic acids is 1. The smallest absolute Gasteiger partial charge is 0.311 e. The molecule has 0 saturated carbocycles. The zero-order chi connectivity index (χ0) is 13.3. The second-order valence-corrected chi connectivity index (χ2v) is 5.51. The average Bonchev–Trinajstić information content (AvgIpc) is 2.95. The van der Waals surface area contributed by atoms with Crippen LogP contribution in [0.4, 0.5) is 0 Å². The van der Waals surface area contributed by atoms with Gasteiger partial charge in [-0.15, -0.1) is 0 Å². The van der Waals surface area contributed by atoms with Gasteiger partial charge in [-0.05, 0) is 25.2 Å². The van der Waals surface area contributed by atoms with E-state index in [-0.39, 0.29) is 17.9 Å². The highest BCUT2D eigenvalue weighted by Gasteiger charge is 2.46. The van der Waals surface area contributed by atoms with Crippen LogP contribution in [0.15, 0.2) is 0 Å². The maximum atomic E-state index is 12.3. The van der Waals surface area contributed by atoms with Gasteiger partial charge >= 0.3 is 5.97 Å². The maximum Gasteiger partial charge on any atom is 0.311 e. The van der Waals surface area contributed by atoms with Gasteiger partial charge < -0.3 is 14.7 Å². The molecule has 2 aliphatic heterocycles. The van der Waals surface area contributed by atoms with Crippen molar-refractivity contribution in [3.8, 4) is 0 Å². The molecule has 5 heteroatoms. The Morgan fingerprint density at radius 1 is 1.50 bits per heavy atom. The van der Waals surface area contributed by atoms with Crippen LogP contribution in [0, 0.1) is 11.3 Å². The van der Waals surface area contributed by atoms with Crippen molar-refractivity contribution in [2.24, 2.45) is 11.3 Å². The van der Waals surface area contributed by atoms with Crippen LogP contribution in [0.25, 0.3) is 0 Å². The third kappa shape index (κ3) is 2.11. The molecule has 0 radical (unpaired) electrons. The highest BCUT2D eigenvalue weighted by atomic mass is 16.5. The number of hydrogen-bond acceptors (Lipinski definition) is 3. The standard InChI is InChI=1S/C13H21NO4/c1-3-13(12(16)17)5-6-14(8-13)11(15)10-9(2)4-7-18-10/h9-10H,3-8H2,1-2H3,(H,16,17). The fraction of sp³-hybridized carbons (Fsp3) is 0.846. The van der Waals surface area contributed by atoms with Crippen LogP contribution in [0.1, 0.15) is 33.1 Å². The summed E-state index contributed by atoms with van der Waals surface area (Å²) in [5.41, 5.74) is -0.752. The number of likely N-dealkylation sites (tertiary alicyclic amines) is 1. The van der Waals surface area contributed by atoms with E-state index in [0.29, 0.717) is 32.5 Å². The Kier molecular flexibility index (Phi) is 3.61. The number of hydrogen-bond donors (Lipinski definition) is 1. The van der Waals surface area contributed by atoms with Gasteiger partial charge in [-0.1, -0.05) is 13.8 Å². The summed E-state index contributed by atoms with van der Waals surface area (Å²) in [6.07, 6.45) is 1.65. The van der Waals surface area contributed by atoms with Gasteiger partial charge in [0.2, 0.25) is 0 Å². The van der Waals surface area contributed by atoms with E-state index in [1.807, 2.05) is 13.8 Å². The zero-order valence-electron chi connectivity index (χ0n) is 11.0. The molecule has 0 aromatic heterocycles. The largest absolute Gasteiger partial charge is 0.481 e. The molecule has 0 aliphatic carbocycles. The highest BCUT2D eigenvalue weighted by molar-refractivity contribution is 5.84. The van der Waals surface area contributed by atoms with E-state index in [4.69, 9.17) is 4.74 Å². The summed E-state index contributed by atoms with van der Waals surface area (Å²) in [4.78, 5) is 25.3. The van der Waals surface area contributed by atoms with Gasteiger partial charge in [0.05, 0.1) is 5.41 Å². The number of carboxylic acids is 1. The second-order valence-electron chi connectivity index (χ2n) is 5.51. The lowest BCUT2D eigenvalue weighted by atomic mass is 9.84. The Morgan fingerprint density at radius 2 is 2.22 bits per heavy atom. The number of rotatable bonds is 3. The molecule has 3 unspecified atom stereocenters. The molecule has 0 spiro atoms. The molecule has 1 N–H and O–H groups in total. The lowest BCUT2D eigenvalue weighted by Gasteiger charge is -2.25. The quantitative estimate of drug-likeness (QED) is 0.820. The lowest BCUT2D eigenvalue weighted by molar-refractivity contribution is -0.149. The van der Waals surface area contributed by atoms with Crippen molar-refractivity contribution in [2.45, 2.75) is 39.2 Å². The maximum absolute atomic E-state index is 12.3. The first-order valence-corrected chi connectivity index (χ1v) is 6.64. The summed E-state index contributed by atoms with van der Waals surface area (Å²) in [7, 11) is 0. The summed E-state index contributed by atoms with van der Waals surface area (Å²) in [6, 6.07) is 0. The first kappa shape index (κ1) is 13.3. The van der Waals surface area contributed by atoms with Crippen molar-refractivity contribution in [1.82, 2.24) is 4.90 Å². The Morgan fingerprint density at radius 3 is 2.67 bits per heavy atom. The van der Waals surface area contributed by atoms with Crippen LogP contribution in [0.5, 0.6) is 0 Å². The Bertz CT molecular complexity index is 357. The highest BCUT2D eigenvalue weighted by Crippen LogP contribution is 2.35. The number of carbonyl (C=O) groups is 2. The van der Waals surface area contributed by atoms with Gasteiger partial charge in [0, 0.05) is 19.7 Å². The molecule has 0 aromatic carbocycles. The molecule has 3 atom stereocenters. The Labute approximate surface area is 107 Å². The van der Waals surface area contributed by atoms with Gasteiger partial charge in [-0.3, -0.25) is 9.59 Å². The molecule has 1 amide bonds. The van der Waals surface area contributed by atoms with Crippen molar-refractivity contribution in [3.05, 3.63) is 0 Å². The van der Waals surface area contributed by atoms with Crippen molar-refractivity contribution in [3.63, 3.8) is 0 Å². The van der Waals surface area contributed by atoms with E-state index >= 15 is 0 Å². The molecule has 0 aromatic rings. The number of carbonyl (C=O) groups excluding carboxylic acids is 1. The van der Waals surface area contributed by atoms with E-state index in [2.05, 4.69) is 0 Å². The van der Waals surface area contributed by atoms with E-state index < -0.39 is 11.4 Å². The van der Waals surface area contributed by atoms with Crippen molar-refractivity contribution in [1.29, 1.82) is 0 Å². The first-order chi connectivity index (χ1) is 8.50. The number of carboxylic acid groups (broad SMARTS) is 1. The predicted octanol–water partition coefficient (Wildman–Crippen LogP) is 1.12. The fourth-order valence-corrected chi connectivity index (χ4v) is 2.87. The predicted molar refractivity (Wildman–Crippen MR) is 65.1 cm³/mol. The molecule has 102 valence electrons. The molecule has 2 saturated heterocycles. The number of amides is 1. The minimum absolute atomic E-state index is 0.0309. The summed E-state index contributed by atoms with van der Waals surface area (Å²) in [6.45, 7) is 5.37. The van der Waals surface area contributed by atoms with Crippen LogP contribution in [-0.4, -0.2) is 47.7 Å². The van der Waals surface area contributed by atoms with Crippen LogP contribution in [0.2, 0.25) is 0 Å². The van der Waals surface area contributed by atoms with E-state index in [1.165, 1.54) is 0 Å². The molecular weight excluding hydrogens is 234 g/mol. The molecule has 2 aliphatic rings. The van der Waals surface area contributed by atoms with Gasteiger partial charge in [0.15, 0.2) is 0 Å². The molecule has 2 heterocycles. The van der Waals surface area contributed by atoms with E-state index in [0.717, 1.165) is 6.42 Å². The minimum atomic E-state index is -0.791. The number of nitrogens with zero attached hydrogens (tertiary/aromatic N) is 1. The third-order valence-corrected chi connectivity index (χ3v) is 4.43. The zero-order valence-corrected chi connectivity index (χ0v) is 11.0. The van der Waals surface area contributed by atoms with Gasteiger partial charge in [-0.2, -0.15) is 0 Å². The lowest BCUT2D eigenvalue weighted by Crippen LogP contribution is -2.42. The second kappa shape index (κ2) is 4.88. The molecule has 2 fully saturated rings. The Balaban J connectivity index is 2.04. The molecule has 0 bridgehead atoms. The van der Waals surface area contributed by atoms with E-state index in [1.54, 1.807) is 4.90 Å².